The molecule has 1 aliphatic rings. The van der Waals surface area contributed by atoms with E-state index in [2.05, 4.69) is 15.3 Å². The number of aromatic amines is 1. The Hall–Kier alpha value is -1.38. The zero-order valence-electron chi connectivity index (χ0n) is 11.6. The average molecular weight is 324 g/mol. The second-order valence-electron chi connectivity index (χ2n) is 4.87. The Balaban J connectivity index is 1.70. The van der Waals surface area contributed by atoms with Crippen molar-refractivity contribution in [3.8, 4) is 0 Å². The van der Waals surface area contributed by atoms with Crippen molar-refractivity contribution in [3.05, 3.63) is 21.3 Å². The fourth-order valence-corrected chi connectivity index (χ4v) is 3.94. The maximum absolute atomic E-state index is 12.1. The van der Waals surface area contributed by atoms with Crippen molar-refractivity contribution < 1.29 is 4.79 Å². The Morgan fingerprint density at radius 2 is 2.24 bits per heavy atom. The van der Waals surface area contributed by atoms with Crippen LogP contribution in [0.5, 0.6) is 0 Å². The largest absolute Gasteiger partial charge is 0.339 e. The Morgan fingerprint density at radius 3 is 3.00 bits per heavy atom. The average Bonchev–Trinajstić information content (AvgIpc) is 2.87. The molecule has 0 saturated carbocycles. The van der Waals surface area contributed by atoms with Crippen LogP contribution in [0.25, 0.3) is 10.2 Å². The van der Waals surface area contributed by atoms with E-state index in [1.807, 2.05) is 17.9 Å². The number of hydrogen-bond donors (Lipinski definition) is 2. The highest BCUT2D eigenvalue weighted by Crippen LogP contribution is 2.22. The SMILES string of the molecule is Cc1cc2c(=O)[nH]c(SCC(=O)N3CCNCC3)nc2s1. The van der Waals surface area contributed by atoms with Gasteiger partial charge in [0.25, 0.3) is 5.56 Å². The van der Waals surface area contributed by atoms with Gasteiger partial charge in [0, 0.05) is 31.1 Å². The number of thiophene rings is 1. The molecule has 3 rings (SSSR count). The fraction of sp³-hybridized carbons (Fsp3) is 0.462. The molecule has 1 fully saturated rings. The Labute approximate surface area is 129 Å². The molecule has 8 heteroatoms. The molecule has 1 aliphatic heterocycles. The van der Waals surface area contributed by atoms with Crippen molar-refractivity contribution in [1.29, 1.82) is 0 Å². The number of rotatable bonds is 3. The minimum absolute atomic E-state index is 0.0895. The van der Waals surface area contributed by atoms with Gasteiger partial charge in [-0.3, -0.25) is 9.59 Å². The van der Waals surface area contributed by atoms with Crippen LogP contribution in [0.2, 0.25) is 0 Å². The van der Waals surface area contributed by atoms with Gasteiger partial charge in [-0.1, -0.05) is 11.8 Å². The molecule has 0 aliphatic carbocycles. The summed E-state index contributed by atoms with van der Waals surface area (Å²) < 4.78 is 0. The molecule has 21 heavy (non-hydrogen) atoms. The monoisotopic (exact) mass is 324 g/mol. The summed E-state index contributed by atoms with van der Waals surface area (Å²) >= 11 is 2.78. The zero-order valence-corrected chi connectivity index (χ0v) is 13.3. The van der Waals surface area contributed by atoms with Gasteiger partial charge in [0.2, 0.25) is 5.91 Å². The second-order valence-corrected chi connectivity index (χ2v) is 7.07. The number of amides is 1. The van der Waals surface area contributed by atoms with E-state index < -0.39 is 0 Å². The van der Waals surface area contributed by atoms with E-state index in [1.165, 1.54) is 23.1 Å². The first-order valence-corrected chi connectivity index (χ1v) is 8.55. The van der Waals surface area contributed by atoms with Crippen LogP contribution in [0.4, 0.5) is 0 Å². The number of fused-ring (bicyclic) bond motifs is 1. The topological polar surface area (TPSA) is 78.1 Å². The summed E-state index contributed by atoms with van der Waals surface area (Å²) in [5, 5.41) is 4.35. The smallest absolute Gasteiger partial charge is 0.260 e. The van der Waals surface area contributed by atoms with Gasteiger partial charge in [-0.05, 0) is 13.0 Å². The summed E-state index contributed by atoms with van der Waals surface area (Å²) in [5.74, 6) is 0.394. The normalized spacial score (nSPS) is 15.6. The summed E-state index contributed by atoms with van der Waals surface area (Å²) in [6, 6.07) is 1.84. The molecule has 1 amide bonds. The van der Waals surface area contributed by atoms with Gasteiger partial charge in [0.1, 0.15) is 4.83 Å². The van der Waals surface area contributed by atoms with Crippen LogP contribution in [0.3, 0.4) is 0 Å². The third kappa shape index (κ3) is 3.28. The molecule has 3 heterocycles. The number of nitrogens with one attached hydrogen (secondary N) is 2. The molecule has 0 aromatic carbocycles. The number of aryl methyl sites for hydroxylation is 1. The van der Waals surface area contributed by atoms with Crippen molar-refractivity contribution in [1.82, 2.24) is 20.2 Å². The second kappa shape index (κ2) is 6.17. The van der Waals surface area contributed by atoms with E-state index in [0.717, 1.165) is 35.9 Å². The molecule has 0 radical (unpaired) electrons. The number of aromatic nitrogens is 2. The summed E-state index contributed by atoms with van der Waals surface area (Å²) in [6.45, 7) is 5.11. The van der Waals surface area contributed by atoms with E-state index in [9.17, 15) is 9.59 Å². The lowest BCUT2D eigenvalue weighted by Gasteiger charge is -2.27. The predicted octanol–water partition coefficient (Wildman–Crippen LogP) is 0.817. The number of H-pyrrole nitrogens is 1. The highest BCUT2D eigenvalue weighted by atomic mass is 32.2. The molecular weight excluding hydrogens is 308 g/mol. The van der Waals surface area contributed by atoms with E-state index in [4.69, 9.17) is 0 Å². The molecule has 2 aromatic rings. The fourth-order valence-electron chi connectivity index (χ4n) is 2.24. The number of nitrogens with zero attached hydrogens (tertiary/aromatic N) is 2. The Morgan fingerprint density at radius 1 is 1.48 bits per heavy atom. The van der Waals surface area contributed by atoms with Crippen LogP contribution < -0.4 is 10.9 Å². The number of piperazine rings is 1. The molecule has 2 N–H and O–H groups in total. The maximum Gasteiger partial charge on any atom is 0.260 e. The van der Waals surface area contributed by atoms with Crippen LogP contribution >= 0.6 is 23.1 Å². The highest BCUT2D eigenvalue weighted by molar-refractivity contribution is 7.99. The van der Waals surface area contributed by atoms with Gasteiger partial charge >= 0.3 is 0 Å². The summed E-state index contributed by atoms with van der Waals surface area (Å²) in [4.78, 5) is 34.8. The molecule has 0 atom stereocenters. The quantitative estimate of drug-likeness (QED) is 0.645. The lowest BCUT2D eigenvalue weighted by Crippen LogP contribution is -2.47. The summed E-state index contributed by atoms with van der Waals surface area (Å²) in [6.07, 6.45) is 0. The van der Waals surface area contributed by atoms with Gasteiger partial charge < -0.3 is 15.2 Å². The molecule has 2 aromatic heterocycles. The molecule has 0 spiro atoms. The van der Waals surface area contributed by atoms with Crippen molar-refractivity contribution in [2.75, 3.05) is 31.9 Å². The van der Waals surface area contributed by atoms with Gasteiger partial charge in [0.15, 0.2) is 5.16 Å². The number of carbonyl (C=O) groups excluding carboxylic acids is 1. The predicted molar refractivity (Wildman–Crippen MR) is 85.2 cm³/mol. The van der Waals surface area contributed by atoms with Crippen LogP contribution in [0.15, 0.2) is 16.0 Å². The van der Waals surface area contributed by atoms with Gasteiger partial charge in [-0.25, -0.2) is 4.98 Å². The minimum Gasteiger partial charge on any atom is -0.339 e. The number of carbonyl (C=O) groups is 1. The lowest BCUT2D eigenvalue weighted by atomic mass is 10.3. The molecule has 0 bridgehead atoms. The zero-order chi connectivity index (χ0) is 14.8. The van der Waals surface area contributed by atoms with E-state index in [1.54, 1.807) is 0 Å². The lowest BCUT2D eigenvalue weighted by molar-refractivity contribution is -0.128. The molecule has 6 nitrogen and oxygen atoms in total. The van der Waals surface area contributed by atoms with Gasteiger partial charge in [-0.2, -0.15) is 0 Å². The molecular formula is C13H16N4O2S2. The minimum atomic E-state index is -0.138. The van der Waals surface area contributed by atoms with Crippen LogP contribution in [0.1, 0.15) is 4.88 Å². The number of thioether (sulfide) groups is 1. The highest BCUT2D eigenvalue weighted by Gasteiger charge is 2.17. The van der Waals surface area contributed by atoms with E-state index in [-0.39, 0.29) is 11.5 Å². The van der Waals surface area contributed by atoms with E-state index >= 15 is 0 Å². The first-order valence-electron chi connectivity index (χ1n) is 6.75. The van der Waals surface area contributed by atoms with E-state index in [0.29, 0.717) is 16.3 Å². The molecule has 0 unspecified atom stereocenters. The summed E-state index contributed by atoms with van der Waals surface area (Å²) in [5.41, 5.74) is -0.138. The van der Waals surface area contributed by atoms with Crippen molar-refractivity contribution in [2.45, 2.75) is 12.1 Å². The maximum atomic E-state index is 12.1. The third-order valence-electron chi connectivity index (χ3n) is 3.31. The first kappa shape index (κ1) is 14.6. The van der Waals surface area contributed by atoms with Crippen molar-refractivity contribution in [3.63, 3.8) is 0 Å². The third-order valence-corrected chi connectivity index (χ3v) is 5.11. The van der Waals surface area contributed by atoms with Crippen LogP contribution in [0, 0.1) is 6.92 Å². The van der Waals surface area contributed by atoms with Crippen molar-refractivity contribution >= 4 is 39.2 Å². The van der Waals surface area contributed by atoms with Gasteiger partial charge in [-0.15, -0.1) is 11.3 Å². The number of hydrogen-bond acceptors (Lipinski definition) is 6. The first-order chi connectivity index (χ1) is 10.1. The Bertz CT molecular complexity index is 719. The van der Waals surface area contributed by atoms with Crippen LogP contribution in [-0.4, -0.2) is 52.7 Å². The van der Waals surface area contributed by atoms with Crippen LogP contribution in [-0.2, 0) is 4.79 Å². The molecule has 112 valence electrons. The standard InChI is InChI=1S/C13H16N4O2S2/c1-8-6-9-11(19)15-13(16-12(9)21-8)20-7-10(18)17-4-2-14-3-5-17/h6,14H,2-5,7H2,1H3,(H,15,16,19). The summed E-state index contributed by atoms with van der Waals surface area (Å²) in [7, 11) is 0. The van der Waals surface area contributed by atoms with Crippen molar-refractivity contribution in [2.24, 2.45) is 0 Å². The Kier molecular flexibility index (Phi) is 4.27. The van der Waals surface area contributed by atoms with Gasteiger partial charge in [0.05, 0.1) is 11.1 Å². The molecule has 1 saturated heterocycles.